The number of rotatable bonds is 4. The zero-order valence-corrected chi connectivity index (χ0v) is 8.95. The van der Waals surface area contributed by atoms with E-state index in [1.54, 1.807) is 6.20 Å². The molecule has 0 aromatic rings. The molecule has 1 rings (SSSR count). The second-order valence-corrected chi connectivity index (χ2v) is 3.86. The Morgan fingerprint density at radius 1 is 1.50 bits per heavy atom. The minimum Gasteiger partial charge on any atom is -0.466 e. The zero-order chi connectivity index (χ0) is 10.4. The normalized spacial score (nSPS) is 19.9. The Kier molecular flexibility index (Phi) is 4.50. The summed E-state index contributed by atoms with van der Waals surface area (Å²) in [5.74, 6) is 0.452. The number of hydrogen-bond donors (Lipinski definition) is 1. The molecule has 1 atom stereocenters. The van der Waals surface area contributed by atoms with Gasteiger partial charge in [0, 0.05) is 18.3 Å². The van der Waals surface area contributed by atoms with Crippen molar-refractivity contribution in [3.63, 3.8) is 0 Å². The Morgan fingerprint density at radius 3 is 2.71 bits per heavy atom. The minimum atomic E-state index is -0.309. The number of esters is 1. The van der Waals surface area contributed by atoms with Crippen molar-refractivity contribution in [1.29, 1.82) is 0 Å². The average molecular weight is 197 g/mol. The van der Waals surface area contributed by atoms with Gasteiger partial charge in [-0.2, -0.15) is 0 Å². The maximum absolute atomic E-state index is 10.8. The molecule has 0 bridgehead atoms. The van der Waals surface area contributed by atoms with Crippen LogP contribution in [0.3, 0.4) is 0 Å². The third-order valence-corrected chi connectivity index (χ3v) is 2.89. The summed E-state index contributed by atoms with van der Waals surface area (Å²) in [7, 11) is 1.38. The van der Waals surface area contributed by atoms with Crippen LogP contribution in [0, 0.1) is 5.92 Å². The van der Waals surface area contributed by atoms with Gasteiger partial charge in [-0.1, -0.05) is 12.8 Å². The topological polar surface area (TPSA) is 38.3 Å². The maximum Gasteiger partial charge on any atom is 0.331 e. The van der Waals surface area contributed by atoms with Crippen LogP contribution in [-0.4, -0.2) is 19.1 Å². The van der Waals surface area contributed by atoms with Crippen molar-refractivity contribution in [3.05, 3.63) is 12.3 Å². The van der Waals surface area contributed by atoms with Gasteiger partial charge in [0.25, 0.3) is 0 Å². The predicted octanol–water partition coefficient (Wildman–Crippen LogP) is 1.84. The van der Waals surface area contributed by atoms with Crippen LogP contribution in [0.1, 0.15) is 32.6 Å². The summed E-state index contributed by atoms with van der Waals surface area (Å²) >= 11 is 0. The molecule has 14 heavy (non-hydrogen) atoms. The summed E-state index contributed by atoms with van der Waals surface area (Å²) in [5, 5.41) is 3.21. The van der Waals surface area contributed by atoms with Crippen LogP contribution in [0.5, 0.6) is 0 Å². The van der Waals surface area contributed by atoms with E-state index in [2.05, 4.69) is 17.0 Å². The number of nitrogens with one attached hydrogen (secondary N) is 1. The fourth-order valence-electron chi connectivity index (χ4n) is 1.93. The van der Waals surface area contributed by atoms with Gasteiger partial charge in [0.1, 0.15) is 0 Å². The van der Waals surface area contributed by atoms with Crippen molar-refractivity contribution in [1.82, 2.24) is 5.32 Å². The van der Waals surface area contributed by atoms with Gasteiger partial charge < -0.3 is 10.1 Å². The lowest BCUT2D eigenvalue weighted by Gasteiger charge is -2.18. The molecule has 1 aliphatic rings. The molecular weight excluding hydrogens is 178 g/mol. The van der Waals surface area contributed by atoms with Gasteiger partial charge in [-0.15, -0.1) is 0 Å². The number of ether oxygens (including phenoxy) is 1. The first-order valence-electron chi connectivity index (χ1n) is 5.24. The largest absolute Gasteiger partial charge is 0.466 e. The van der Waals surface area contributed by atoms with Gasteiger partial charge >= 0.3 is 5.97 Å². The number of carbonyl (C=O) groups excluding carboxylic acids is 1. The highest BCUT2D eigenvalue weighted by atomic mass is 16.5. The monoisotopic (exact) mass is 197 g/mol. The molecule has 0 unspecified atom stereocenters. The second-order valence-electron chi connectivity index (χ2n) is 3.86. The quantitative estimate of drug-likeness (QED) is 0.552. The van der Waals surface area contributed by atoms with Gasteiger partial charge in [-0.3, -0.25) is 0 Å². The van der Waals surface area contributed by atoms with Crippen molar-refractivity contribution >= 4 is 5.97 Å². The van der Waals surface area contributed by atoms with Gasteiger partial charge in [0.15, 0.2) is 0 Å². The molecular formula is C11H19NO2. The smallest absolute Gasteiger partial charge is 0.331 e. The lowest BCUT2D eigenvalue weighted by Crippen LogP contribution is -2.28. The van der Waals surface area contributed by atoms with Crippen LogP contribution in [0.25, 0.3) is 0 Å². The van der Waals surface area contributed by atoms with Crippen molar-refractivity contribution < 1.29 is 9.53 Å². The van der Waals surface area contributed by atoms with E-state index in [9.17, 15) is 4.79 Å². The number of methoxy groups -OCH3 is 1. The molecule has 0 aromatic heterocycles. The molecule has 3 nitrogen and oxygen atoms in total. The summed E-state index contributed by atoms with van der Waals surface area (Å²) in [5.41, 5.74) is 0. The van der Waals surface area contributed by atoms with Crippen LogP contribution in [0.4, 0.5) is 0 Å². The molecule has 0 radical (unpaired) electrons. The summed E-state index contributed by atoms with van der Waals surface area (Å²) in [6.07, 6.45) is 8.41. The fourth-order valence-corrected chi connectivity index (χ4v) is 1.93. The average Bonchev–Trinajstić information content (AvgIpc) is 2.70. The van der Waals surface area contributed by atoms with Gasteiger partial charge in [0.2, 0.25) is 0 Å². The molecule has 0 heterocycles. The Morgan fingerprint density at radius 2 is 2.14 bits per heavy atom. The van der Waals surface area contributed by atoms with Crippen LogP contribution < -0.4 is 5.32 Å². The van der Waals surface area contributed by atoms with Gasteiger partial charge in [0.05, 0.1) is 7.11 Å². The molecule has 1 aliphatic carbocycles. The van der Waals surface area contributed by atoms with Gasteiger partial charge in [-0.25, -0.2) is 4.79 Å². The molecule has 0 aromatic carbocycles. The lowest BCUT2D eigenvalue weighted by atomic mass is 10.0. The summed E-state index contributed by atoms with van der Waals surface area (Å²) in [6, 6.07) is 0.457. The Labute approximate surface area is 85.5 Å². The molecule has 0 amide bonds. The summed E-state index contributed by atoms with van der Waals surface area (Å²) in [4.78, 5) is 10.8. The van der Waals surface area contributed by atoms with Crippen LogP contribution >= 0.6 is 0 Å². The van der Waals surface area contributed by atoms with E-state index in [-0.39, 0.29) is 5.97 Å². The second kappa shape index (κ2) is 5.68. The van der Waals surface area contributed by atoms with E-state index in [0.29, 0.717) is 6.04 Å². The third-order valence-electron chi connectivity index (χ3n) is 2.89. The van der Waals surface area contributed by atoms with Crippen LogP contribution in [0.2, 0.25) is 0 Å². The zero-order valence-electron chi connectivity index (χ0n) is 8.95. The molecule has 3 heteroatoms. The van der Waals surface area contributed by atoms with Crippen molar-refractivity contribution in [3.8, 4) is 0 Å². The van der Waals surface area contributed by atoms with Crippen molar-refractivity contribution in [2.45, 2.75) is 38.6 Å². The predicted molar refractivity (Wildman–Crippen MR) is 55.7 cm³/mol. The van der Waals surface area contributed by atoms with Crippen LogP contribution in [-0.2, 0) is 9.53 Å². The first kappa shape index (κ1) is 11.1. The van der Waals surface area contributed by atoms with E-state index in [0.717, 1.165) is 5.92 Å². The van der Waals surface area contributed by atoms with E-state index in [1.807, 2.05) is 0 Å². The van der Waals surface area contributed by atoms with Crippen molar-refractivity contribution in [2.24, 2.45) is 5.92 Å². The highest BCUT2D eigenvalue weighted by molar-refractivity contribution is 5.81. The highest BCUT2D eigenvalue weighted by Crippen LogP contribution is 2.27. The molecule has 1 N–H and O–H groups in total. The standard InChI is InChI=1S/C11H19NO2/c1-9(10-5-3-4-6-10)12-8-7-11(13)14-2/h7-10,12H,3-6H2,1-2H3/b8-7+/t9-/m1/s1. The fraction of sp³-hybridized carbons (Fsp3) is 0.727. The van der Waals surface area contributed by atoms with E-state index < -0.39 is 0 Å². The highest BCUT2D eigenvalue weighted by Gasteiger charge is 2.20. The molecule has 1 fully saturated rings. The Balaban J connectivity index is 2.22. The summed E-state index contributed by atoms with van der Waals surface area (Å²) in [6.45, 7) is 2.16. The minimum absolute atomic E-state index is 0.309. The first-order chi connectivity index (χ1) is 6.74. The van der Waals surface area contributed by atoms with Crippen molar-refractivity contribution in [2.75, 3.05) is 7.11 Å². The Bertz CT molecular complexity index is 207. The van der Waals surface area contributed by atoms with E-state index in [4.69, 9.17) is 0 Å². The molecule has 0 saturated heterocycles. The number of carbonyl (C=O) groups is 1. The van der Waals surface area contributed by atoms with Gasteiger partial charge in [-0.05, 0) is 25.7 Å². The third kappa shape index (κ3) is 3.40. The summed E-state index contributed by atoms with van der Waals surface area (Å²) < 4.78 is 4.49. The SMILES string of the molecule is COC(=O)/C=C/N[C@H](C)C1CCCC1. The first-order valence-corrected chi connectivity index (χ1v) is 5.24. The molecule has 1 saturated carbocycles. The lowest BCUT2D eigenvalue weighted by molar-refractivity contribution is -0.134. The maximum atomic E-state index is 10.8. The Hall–Kier alpha value is -0.990. The molecule has 0 spiro atoms. The molecule has 80 valence electrons. The number of hydrogen-bond acceptors (Lipinski definition) is 3. The van der Waals surface area contributed by atoms with E-state index in [1.165, 1.54) is 38.9 Å². The molecule has 0 aliphatic heterocycles. The van der Waals surface area contributed by atoms with Crippen LogP contribution in [0.15, 0.2) is 12.3 Å². The van der Waals surface area contributed by atoms with E-state index >= 15 is 0 Å².